The van der Waals surface area contributed by atoms with Gasteiger partial charge >= 0.3 is 6.03 Å². The Balaban J connectivity index is 1.61. The summed E-state index contributed by atoms with van der Waals surface area (Å²) in [5.74, 6) is 0.845. The molecule has 2 aromatic rings. The van der Waals surface area contributed by atoms with Crippen LogP contribution in [0.3, 0.4) is 0 Å². The van der Waals surface area contributed by atoms with Gasteiger partial charge in [-0.05, 0) is 68.8 Å². The molecule has 2 aliphatic rings. The average molecular weight is 392 g/mol. The number of ether oxygens (including phenoxy) is 1. The van der Waals surface area contributed by atoms with Gasteiger partial charge in [-0.1, -0.05) is 23.8 Å². The predicted octanol–water partition coefficient (Wildman–Crippen LogP) is 4.58. The zero-order valence-corrected chi connectivity index (χ0v) is 17.3. The van der Waals surface area contributed by atoms with Crippen LogP contribution in [-0.4, -0.2) is 44.2 Å². The predicted molar refractivity (Wildman–Crippen MR) is 118 cm³/mol. The smallest absolute Gasteiger partial charge is 0.326 e. The summed E-state index contributed by atoms with van der Waals surface area (Å²) in [6.45, 7) is 9.54. The van der Waals surface area contributed by atoms with Gasteiger partial charge in [0.25, 0.3) is 0 Å². The highest BCUT2D eigenvalue weighted by Crippen LogP contribution is 2.48. The van der Waals surface area contributed by atoms with E-state index >= 15 is 0 Å². The van der Waals surface area contributed by atoms with Crippen molar-refractivity contribution in [3.63, 3.8) is 0 Å². The third-order valence-corrected chi connectivity index (χ3v) is 6.28. The van der Waals surface area contributed by atoms with E-state index in [0.29, 0.717) is 6.54 Å². The topological polar surface area (TPSA) is 44.8 Å². The first-order valence-corrected chi connectivity index (χ1v) is 10.2. The van der Waals surface area contributed by atoms with Gasteiger partial charge in [-0.3, -0.25) is 9.80 Å². The third-order valence-electron chi connectivity index (χ3n) is 6.28. The number of urea groups is 1. The molecule has 152 valence electrons. The minimum absolute atomic E-state index is 0.0217. The Morgan fingerprint density at radius 1 is 1.21 bits per heavy atom. The number of hydrogen-bond donors (Lipinski definition) is 1. The van der Waals surface area contributed by atoms with Crippen LogP contribution in [0.2, 0.25) is 0 Å². The van der Waals surface area contributed by atoms with E-state index in [1.165, 1.54) is 11.1 Å². The lowest BCUT2D eigenvalue weighted by atomic mass is 9.74. The molecule has 0 aliphatic carbocycles. The number of amides is 2. The molecule has 5 nitrogen and oxygen atoms in total. The van der Waals surface area contributed by atoms with Crippen molar-refractivity contribution >= 4 is 17.4 Å². The first-order chi connectivity index (χ1) is 14.0. The molecule has 0 bridgehead atoms. The summed E-state index contributed by atoms with van der Waals surface area (Å²) in [7, 11) is 1.69. The fraction of sp³-hybridized carbons (Fsp3) is 0.375. The Labute approximate surface area is 173 Å². The van der Waals surface area contributed by atoms with Crippen LogP contribution in [0.25, 0.3) is 0 Å². The third kappa shape index (κ3) is 3.75. The Bertz CT molecular complexity index is 899. The molecule has 0 radical (unpaired) electrons. The minimum Gasteiger partial charge on any atom is -0.497 e. The molecule has 5 heteroatoms. The number of nitrogens with zero attached hydrogens (tertiary/aromatic N) is 2. The number of likely N-dealkylation sites (tertiary alicyclic amines) is 1. The molecule has 4 rings (SSSR count). The molecule has 1 spiro atoms. The molecular weight excluding hydrogens is 362 g/mol. The summed E-state index contributed by atoms with van der Waals surface area (Å²) in [5.41, 5.74) is 4.19. The highest BCUT2D eigenvalue weighted by molar-refractivity contribution is 6.03. The number of methoxy groups -OCH3 is 1. The highest BCUT2D eigenvalue weighted by Gasteiger charge is 2.46. The number of carbonyl (C=O) groups is 1. The van der Waals surface area contributed by atoms with Gasteiger partial charge in [0.1, 0.15) is 5.75 Å². The Kier molecular flexibility index (Phi) is 5.33. The standard InChI is InChI=1S/C24H29N3O2/c1-4-13-26-14-11-24(12-15-26)17-27(22-10-9-20(29-3)16-21(22)24)23(28)25-19-7-5-18(2)6-8-19/h4-10,16H,1,11-15,17H2,2-3H3,(H,25,28). The van der Waals surface area contributed by atoms with Crippen molar-refractivity contribution < 1.29 is 9.53 Å². The molecule has 0 aromatic heterocycles. The van der Waals surface area contributed by atoms with E-state index in [1.54, 1.807) is 7.11 Å². The van der Waals surface area contributed by atoms with Crippen LogP contribution in [-0.2, 0) is 5.41 Å². The number of nitrogens with one attached hydrogen (secondary N) is 1. The van der Waals surface area contributed by atoms with E-state index in [-0.39, 0.29) is 11.4 Å². The molecule has 1 fully saturated rings. The Morgan fingerprint density at radius 2 is 1.93 bits per heavy atom. The van der Waals surface area contributed by atoms with Crippen LogP contribution < -0.4 is 15.0 Å². The second kappa shape index (κ2) is 7.91. The van der Waals surface area contributed by atoms with Crippen LogP contribution in [0.4, 0.5) is 16.2 Å². The lowest BCUT2D eigenvalue weighted by Gasteiger charge is -2.39. The first-order valence-electron chi connectivity index (χ1n) is 10.2. The number of carbonyl (C=O) groups excluding carboxylic acids is 1. The Hall–Kier alpha value is -2.79. The van der Waals surface area contributed by atoms with Crippen molar-refractivity contribution in [2.75, 3.05) is 43.5 Å². The summed E-state index contributed by atoms with van der Waals surface area (Å²) in [4.78, 5) is 17.5. The maximum Gasteiger partial charge on any atom is 0.326 e. The van der Waals surface area contributed by atoms with Crippen molar-refractivity contribution in [3.05, 3.63) is 66.2 Å². The Morgan fingerprint density at radius 3 is 2.59 bits per heavy atom. The maximum atomic E-state index is 13.2. The maximum absolute atomic E-state index is 13.2. The average Bonchev–Trinajstić information content (AvgIpc) is 3.05. The van der Waals surface area contributed by atoms with Gasteiger partial charge in [-0.15, -0.1) is 6.58 Å². The number of anilines is 2. The molecule has 0 atom stereocenters. The lowest BCUT2D eigenvalue weighted by molar-refractivity contribution is 0.180. The zero-order chi connectivity index (χ0) is 20.4. The fourth-order valence-corrected chi connectivity index (χ4v) is 4.56. The second-order valence-electron chi connectivity index (χ2n) is 8.14. The van der Waals surface area contributed by atoms with Gasteiger partial charge in [-0.25, -0.2) is 4.79 Å². The summed E-state index contributed by atoms with van der Waals surface area (Å²) < 4.78 is 5.49. The van der Waals surface area contributed by atoms with Gasteiger partial charge in [0.15, 0.2) is 0 Å². The van der Waals surface area contributed by atoms with Crippen molar-refractivity contribution in [3.8, 4) is 5.75 Å². The number of aryl methyl sites for hydroxylation is 1. The normalized spacial score (nSPS) is 17.8. The fourth-order valence-electron chi connectivity index (χ4n) is 4.56. The van der Waals surface area contributed by atoms with E-state index in [0.717, 1.165) is 49.6 Å². The number of piperidine rings is 1. The molecule has 2 heterocycles. The van der Waals surface area contributed by atoms with Crippen molar-refractivity contribution in [1.29, 1.82) is 0 Å². The molecule has 0 unspecified atom stereocenters. The van der Waals surface area contributed by atoms with E-state index in [2.05, 4.69) is 22.9 Å². The van der Waals surface area contributed by atoms with Crippen LogP contribution in [0.15, 0.2) is 55.1 Å². The van der Waals surface area contributed by atoms with Crippen LogP contribution in [0, 0.1) is 6.92 Å². The van der Waals surface area contributed by atoms with E-state index in [9.17, 15) is 4.79 Å². The van der Waals surface area contributed by atoms with Gasteiger partial charge in [0.05, 0.1) is 7.11 Å². The van der Waals surface area contributed by atoms with Gasteiger partial charge in [0, 0.05) is 29.9 Å². The van der Waals surface area contributed by atoms with Gasteiger partial charge in [0.2, 0.25) is 0 Å². The van der Waals surface area contributed by atoms with Gasteiger partial charge < -0.3 is 10.1 Å². The molecule has 1 saturated heterocycles. The number of hydrogen-bond acceptors (Lipinski definition) is 3. The molecule has 1 N–H and O–H groups in total. The van der Waals surface area contributed by atoms with Crippen molar-refractivity contribution in [1.82, 2.24) is 4.90 Å². The highest BCUT2D eigenvalue weighted by atomic mass is 16.5. The van der Waals surface area contributed by atoms with E-state index in [4.69, 9.17) is 4.74 Å². The molecule has 2 aromatic carbocycles. The molecule has 29 heavy (non-hydrogen) atoms. The SMILES string of the molecule is C=CCN1CCC2(CC1)CN(C(=O)Nc1ccc(C)cc1)c1ccc(OC)cc12. The monoisotopic (exact) mass is 391 g/mol. The molecule has 2 amide bonds. The summed E-state index contributed by atoms with van der Waals surface area (Å²) in [6.07, 6.45) is 4.01. The van der Waals surface area contributed by atoms with Crippen LogP contribution in [0.5, 0.6) is 5.75 Å². The zero-order valence-electron chi connectivity index (χ0n) is 17.3. The van der Waals surface area contributed by atoms with Crippen molar-refractivity contribution in [2.24, 2.45) is 0 Å². The molecular formula is C24H29N3O2. The second-order valence-corrected chi connectivity index (χ2v) is 8.14. The number of fused-ring (bicyclic) bond motifs is 2. The lowest BCUT2D eigenvalue weighted by Crippen LogP contribution is -2.46. The van der Waals surface area contributed by atoms with Crippen molar-refractivity contribution in [2.45, 2.75) is 25.2 Å². The van der Waals surface area contributed by atoms with Crippen LogP contribution >= 0.6 is 0 Å². The minimum atomic E-state index is -0.0781. The summed E-state index contributed by atoms with van der Waals surface area (Å²) in [6, 6.07) is 13.9. The number of benzene rings is 2. The largest absolute Gasteiger partial charge is 0.497 e. The molecule has 2 aliphatic heterocycles. The van der Waals surface area contributed by atoms with Gasteiger partial charge in [-0.2, -0.15) is 0 Å². The molecule has 0 saturated carbocycles. The summed E-state index contributed by atoms with van der Waals surface area (Å²) >= 11 is 0. The number of rotatable bonds is 4. The summed E-state index contributed by atoms with van der Waals surface area (Å²) in [5, 5.41) is 3.06. The quantitative estimate of drug-likeness (QED) is 0.776. The van der Waals surface area contributed by atoms with Crippen LogP contribution in [0.1, 0.15) is 24.0 Å². The first kappa shape index (κ1) is 19.5. The van der Waals surface area contributed by atoms with E-state index < -0.39 is 0 Å². The van der Waals surface area contributed by atoms with E-state index in [1.807, 2.05) is 54.3 Å².